The summed E-state index contributed by atoms with van der Waals surface area (Å²) in [5.41, 5.74) is 13.8. The van der Waals surface area contributed by atoms with Crippen molar-refractivity contribution in [1.82, 2.24) is 14.7 Å². The lowest BCUT2D eigenvalue weighted by Crippen LogP contribution is -2.38. The van der Waals surface area contributed by atoms with Crippen LogP contribution >= 0.6 is 0 Å². The molecule has 0 spiro atoms. The van der Waals surface area contributed by atoms with Gasteiger partial charge in [-0.05, 0) is 49.9 Å². The van der Waals surface area contributed by atoms with Crippen LogP contribution in [0.2, 0.25) is 0 Å². The summed E-state index contributed by atoms with van der Waals surface area (Å²) < 4.78 is 14.6. The number of benzene rings is 1. The molecule has 1 aliphatic heterocycles. The molecule has 0 atom stereocenters. The number of aryl methyl sites for hydroxylation is 1. The maximum Gasteiger partial charge on any atom is 0.191 e. The number of rotatable bonds is 5. The first-order valence-corrected chi connectivity index (χ1v) is 9.68. The summed E-state index contributed by atoms with van der Waals surface area (Å²) in [7, 11) is 0. The molecular weight excluding hydrogens is 357 g/mol. The van der Waals surface area contributed by atoms with Crippen LogP contribution in [0.4, 0.5) is 10.2 Å². The van der Waals surface area contributed by atoms with E-state index in [1.807, 2.05) is 0 Å². The highest BCUT2D eigenvalue weighted by Crippen LogP contribution is 2.21. The Morgan fingerprint density at radius 1 is 1.18 bits per heavy atom. The SMILES string of the molecule is N#Cc1c(CCCN=C(N)N2CCCCCC2)nn(-c2ccc(F)cc2)c1N. The van der Waals surface area contributed by atoms with E-state index in [0.717, 1.165) is 25.9 Å². The van der Waals surface area contributed by atoms with Crippen molar-refractivity contribution in [2.45, 2.75) is 38.5 Å². The van der Waals surface area contributed by atoms with E-state index in [0.29, 0.717) is 42.3 Å². The van der Waals surface area contributed by atoms with Gasteiger partial charge < -0.3 is 16.4 Å². The van der Waals surface area contributed by atoms with Crippen molar-refractivity contribution < 1.29 is 4.39 Å². The lowest BCUT2D eigenvalue weighted by Gasteiger charge is -2.21. The number of hydrogen-bond donors (Lipinski definition) is 2. The minimum absolute atomic E-state index is 0.261. The summed E-state index contributed by atoms with van der Waals surface area (Å²) in [6, 6.07) is 7.95. The molecule has 0 saturated carbocycles. The Bertz CT molecular complexity index is 856. The molecule has 28 heavy (non-hydrogen) atoms. The molecule has 3 rings (SSSR count). The monoisotopic (exact) mass is 383 g/mol. The number of hydrogen-bond acceptors (Lipinski definition) is 4. The molecule has 1 aliphatic rings. The number of nitrogen functional groups attached to an aromatic ring is 1. The molecule has 0 radical (unpaired) electrons. The molecule has 0 bridgehead atoms. The second kappa shape index (κ2) is 9.22. The molecule has 8 heteroatoms. The van der Waals surface area contributed by atoms with Crippen LogP contribution in [0.3, 0.4) is 0 Å². The second-order valence-corrected chi connectivity index (χ2v) is 6.95. The van der Waals surface area contributed by atoms with Crippen molar-refractivity contribution >= 4 is 11.8 Å². The summed E-state index contributed by atoms with van der Waals surface area (Å²) in [6.07, 6.45) is 6.09. The Morgan fingerprint density at radius 3 is 2.50 bits per heavy atom. The third-order valence-corrected chi connectivity index (χ3v) is 4.95. The molecule has 4 N–H and O–H groups in total. The number of likely N-dealkylation sites (tertiary alicyclic amines) is 1. The third-order valence-electron chi connectivity index (χ3n) is 4.95. The summed E-state index contributed by atoms with van der Waals surface area (Å²) in [5, 5.41) is 13.9. The van der Waals surface area contributed by atoms with Crippen LogP contribution in [0.1, 0.15) is 43.4 Å². The summed E-state index contributed by atoms with van der Waals surface area (Å²) >= 11 is 0. The van der Waals surface area contributed by atoms with Gasteiger partial charge in [-0.15, -0.1) is 0 Å². The summed E-state index contributed by atoms with van der Waals surface area (Å²) in [4.78, 5) is 6.63. The minimum Gasteiger partial charge on any atom is -0.382 e. The average molecular weight is 383 g/mol. The van der Waals surface area contributed by atoms with E-state index in [1.165, 1.54) is 29.7 Å². The molecular formula is C20H26FN7. The molecule has 7 nitrogen and oxygen atoms in total. The predicted octanol–water partition coefficient (Wildman–Crippen LogP) is 2.59. The van der Waals surface area contributed by atoms with E-state index < -0.39 is 0 Å². The smallest absolute Gasteiger partial charge is 0.191 e. The lowest BCUT2D eigenvalue weighted by atomic mass is 10.1. The predicted molar refractivity (Wildman–Crippen MR) is 108 cm³/mol. The van der Waals surface area contributed by atoms with E-state index in [4.69, 9.17) is 11.5 Å². The number of nitrogens with zero attached hydrogens (tertiary/aromatic N) is 5. The molecule has 1 aromatic carbocycles. The molecule has 0 unspecified atom stereocenters. The van der Waals surface area contributed by atoms with Gasteiger partial charge in [-0.25, -0.2) is 9.07 Å². The van der Waals surface area contributed by atoms with Crippen molar-refractivity contribution in [2.75, 3.05) is 25.4 Å². The first-order valence-electron chi connectivity index (χ1n) is 9.68. The van der Waals surface area contributed by atoms with E-state index >= 15 is 0 Å². The number of guanidine groups is 1. The zero-order valence-electron chi connectivity index (χ0n) is 15.9. The van der Waals surface area contributed by atoms with Crippen LogP contribution in [0.5, 0.6) is 0 Å². The Kier molecular flexibility index (Phi) is 6.48. The molecule has 148 valence electrons. The van der Waals surface area contributed by atoms with Gasteiger partial charge in [-0.1, -0.05) is 12.8 Å². The first-order chi connectivity index (χ1) is 13.6. The second-order valence-electron chi connectivity index (χ2n) is 6.95. The molecule has 2 aromatic rings. The largest absolute Gasteiger partial charge is 0.382 e. The number of nitrogens with two attached hydrogens (primary N) is 2. The van der Waals surface area contributed by atoms with Crippen molar-refractivity contribution in [3.05, 3.63) is 41.3 Å². The van der Waals surface area contributed by atoms with Gasteiger partial charge in [0.25, 0.3) is 0 Å². The quantitative estimate of drug-likeness (QED) is 0.468. The normalized spacial score (nSPS) is 15.3. The highest BCUT2D eigenvalue weighted by atomic mass is 19.1. The number of halogens is 1. The number of anilines is 1. The van der Waals surface area contributed by atoms with Crippen molar-refractivity contribution in [2.24, 2.45) is 10.7 Å². The van der Waals surface area contributed by atoms with Gasteiger partial charge in [0.1, 0.15) is 23.3 Å². The van der Waals surface area contributed by atoms with Gasteiger partial charge in [0.15, 0.2) is 5.96 Å². The van der Waals surface area contributed by atoms with Gasteiger partial charge in [0.2, 0.25) is 0 Å². The van der Waals surface area contributed by atoms with E-state index in [1.54, 1.807) is 12.1 Å². The fourth-order valence-corrected chi connectivity index (χ4v) is 3.39. The number of nitriles is 1. The highest BCUT2D eigenvalue weighted by molar-refractivity contribution is 5.78. The Hall–Kier alpha value is -3.08. The van der Waals surface area contributed by atoms with Crippen molar-refractivity contribution in [3.63, 3.8) is 0 Å². The van der Waals surface area contributed by atoms with Gasteiger partial charge in [-0.2, -0.15) is 10.4 Å². The van der Waals surface area contributed by atoms with Crippen LogP contribution in [-0.4, -0.2) is 40.3 Å². The van der Waals surface area contributed by atoms with E-state index in [-0.39, 0.29) is 11.6 Å². The first kappa shape index (κ1) is 19.7. The molecule has 2 heterocycles. The maximum atomic E-state index is 13.1. The van der Waals surface area contributed by atoms with Gasteiger partial charge >= 0.3 is 0 Å². The standard InChI is InChI=1S/C20H26FN7/c21-15-7-9-16(10-8-15)28-19(23)17(14-22)18(26-28)6-5-11-25-20(24)27-12-3-1-2-4-13-27/h7-10H,1-6,11-13,23H2,(H2,24,25). The lowest BCUT2D eigenvalue weighted by molar-refractivity contribution is 0.428. The van der Waals surface area contributed by atoms with Crippen LogP contribution in [-0.2, 0) is 6.42 Å². The van der Waals surface area contributed by atoms with Crippen molar-refractivity contribution in [1.29, 1.82) is 5.26 Å². The Morgan fingerprint density at radius 2 is 1.86 bits per heavy atom. The van der Waals surface area contributed by atoms with Crippen molar-refractivity contribution in [3.8, 4) is 11.8 Å². The van der Waals surface area contributed by atoms with Gasteiger partial charge in [0, 0.05) is 19.6 Å². The fourth-order valence-electron chi connectivity index (χ4n) is 3.39. The Labute approximate surface area is 164 Å². The molecule has 1 aromatic heterocycles. The molecule has 1 saturated heterocycles. The summed E-state index contributed by atoms with van der Waals surface area (Å²) in [5.74, 6) is 0.519. The number of aliphatic imine (C=N–C) groups is 1. The molecule has 0 aliphatic carbocycles. The Balaban J connectivity index is 1.64. The summed E-state index contributed by atoms with van der Waals surface area (Å²) in [6.45, 7) is 2.50. The minimum atomic E-state index is -0.338. The zero-order chi connectivity index (χ0) is 19.9. The van der Waals surface area contributed by atoms with Crippen LogP contribution < -0.4 is 11.5 Å². The fraction of sp³-hybridized carbons (Fsp3) is 0.450. The van der Waals surface area contributed by atoms with E-state index in [2.05, 4.69) is 21.1 Å². The van der Waals surface area contributed by atoms with Crippen LogP contribution in [0.25, 0.3) is 5.69 Å². The molecule has 0 amide bonds. The highest BCUT2D eigenvalue weighted by Gasteiger charge is 2.16. The van der Waals surface area contributed by atoms with Gasteiger partial charge in [0.05, 0.1) is 11.4 Å². The molecule has 1 fully saturated rings. The zero-order valence-corrected chi connectivity index (χ0v) is 15.9. The topological polar surface area (TPSA) is 109 Å². The third kappa shape index (κ3) is 4.60. The average Bonchev–Trinajstić information content (AvgIpc) is 2.87. The maximum absolute atomic E-state index is 13.1. The van der Waals surface area contributed by atoms with E-state index in [9.17, 15) is 9.65 Å². The van der Waals surface area contributed by atoms with Crippen LogP contribution in [0.15, 0.2) is 29.3 Å². The van der Waals surface area contributed by atoms with Crippen LogP contribution in [0, 0.1) is 17.1 Å². The number of aromatic nitrogens is 2. The van der Waals surface area contributed by atoms with Gasteiger partial charge in [-0.3, -0.25) is 4.99 Å².